The smallest absolute Gasteiger partial charge is 0.423 e. The summed E-state index contributed by atoms with van der Waals surface area (Å²) in [5.41, 5.74) is 0.865. The number of amides is 1. The van der Waals surface area contributed by atoms with Gasteiger partial charge in [0.15, 0.2) is 0 Å². The Hall–Kier alpha value is -1.60. The molecule has 1 aromatic carbocycles. The number of carbonyl (C=O) groups is 1. The SMILES string of the molecule is O=C(O)N1[C@H](Cc2ccccc2)COS1(=O)=O. The lowest BCUT2D eigenvalue weighted by Gasteiger charge is -2.16. The van der Waals surface area contributed by atoms with Crippen LogP contribution in [0.25, 0.3) is 0 Å². The van der Waals surface area contributed by atoms with E-state index >= 15 is 0 Å². The van der Waals surface area contributed by atoms with Gasteiger partial charge in [-0.1, -0.05) is 30.3 Å². The molecule has 0 radical (unpaired) electrons. The summed E-state index contributed by atoms with van der Waals surface area (Å²) in [5, 5.41) is 8.86. The van der Waals surface area contributed by atoms with E-state index in [1.165, 1.54) is 0 Å². The zero-order valence-electron chi connectivity index (χ0n) is 8.81. The van der Waals surface area contributed by atoms with Crippen molar-refractivity contribution in [3.63, 3.8) is 0 Å². The van der Waals surface area contributed by atoms with Gasteiger partial charge in [-0.05, 0) is 12.0 Å². The summed E-state index contributed by atoms with van der Waals surface area (Å²) in [4.78, 5) is 10.9. The van der Waals surface area contributed by atoms with Crippen LogP contribution >= 0.6 is 0 Å². The molecule has 1 heterocycles. The van der Waals surface area contributed by atoms with E-state index in [4.69, 9.17) is 5.11 Å². The highest BCUT2D eigenvalue weighted by Gasteiger charge is 2.42. The number of nitrogens with zero attached hydrogens (tertiary/aromatic N) is 1. The molecule has 17 heavy (non-hydrogen) atoms. The van der Waals surface area contributed by atoms with Gasteiger partial charge in [0.2, 0.25) is 0 Å². The van der Waals surface area contributed by atoms with Crippen LogP contribution in [0, 0.1) is 0 Å². The van der Waals surface area contributed by atoms with Crippen LogP contribution in [-0.4, -0.2) is 36.6 Å². The Morgan fingerprint density at radius 3 is 2.65 bits per heavy atom. The summed E-state index contributed by atoms with van der Waals surface area (Å²) in [7, 11) is -4.12. The Kier molecular flexibility index (Phi) is 3.03. The van der Waals surface area contributed by atoms with E-state index in [1.807, 2.05) is 30.3 Å². The highest BCUT2D eigenvalue weighted by Crippen LogP contribution is 2.21. The van der Waals surface area contributed by atoms with Crippen molar-refractivity contribution in [2.45, 2.75) is 12.5 Å². The second-order valence-corrected chi connectivity index (χ2v) is 5.15. The number of benzene rings is 1. The van der Waals surface area contributed by atoms with Gasteiger partial charge in [0.25, 0.3) is 0 Å². The number of carboxylic acid groups (broad SMARTS) is 1. The van der Waals surface area contributed by atoms with Crippen LogP contribution in [0.2, 0.25) is 0 Å². The Bertz CT molecular complexity index is 513. The van der Waals surface area contributed by atoms with Crippen molar-refractivity contribution in [1.29, 1.82) is 0 Å². The highest BCUT2D eigenvalue weighted by molar-refractivity contribution is 7.85. The van der Waals surface area contributed by atoms with Gasteiger partial charge >= 0.3 is 16.4 Å². The number of rotatable bonds is 2. The van der Waals surface area contributed by atoms with Crippen molar-refractivity contribution in [2.24, 2.45) is 0 Å². The van der Waals surface area contributed by atoms with E-state index < -0.39 is 22.4 Å². The van der Waals surface area contributed by atoms with Crippen molar-refractivity contribution in [2.75, 3.05) is 6.61 Å². The third-order valence-corrected chi connectivity index (χ3v) is 3.85. The van der Waals surface area contributed by atoms with Crippen molar-refractivity contribution in [1.82, 2.24) is 4.31 Å². The normalized spacial score (nSPS) is 22.6. The van der Waals surface area contributed by atoms with Gasteiger partial charge in [0.1, 0.15) is 0 Å². The van der Waals surface area contributed by atoms with Crippen LogP contribution < -0.4 is 0 Å². The predicted molar refractivity (Wildman–Crippen MR) is 58.7 cm³/mol. The molecule has 6 nitrogen and oxygen atoms in total. The fourth-order valence-electron chi connectivity index (χ4n) is 1.75. The minimum Gasteiger partial charge on any atom is -0.464 e. The van der Waals surface area contributed by atoms with Crippen LogP contribution in [0.3, 0.4) is 0 Å². The first-order chi connectivity index (χ1) is 8.00. The average Bonchev–Trinajstić information content (AvgIpc) is 2.55. The van der Waals surface area contributed by atoms with Gasteiger partial charge in [0, 0.05) is 0 Å². The highest BCUT2D eigenvalue weighted by atomic mass is 32.2. The van der Waals surface area contributed by atoms with Crippen molar-refractivity contribution < 1.29 is 22.5 Å². The van der Waals surface area contributed by atoms with E-state index in [0.717, 1.165) is 5.56 Å². The molecule has 0 aliphatic carbocycles. The summed E-state index contributed by atoms with van der Waals surface area (Å²) in [6.07, 6.45) is -1.20. The largest absolute Gasteiger partial charge is 0.464 e. The molecule has 1 amide bonds. The minimum atomic E-state index is -4.12. The minimum absolute atomic E-state index is 0.135. The van der Waals surface area contributed by atoms with Gasteiger partial charge in [-0.3, -0.25) is 4.18 Å². The third-order valence-electron chi connectivity index (χ3n) is 2.48. The molecule has 1 fully saturated rings. The maximum atomic E-state index is 11.3. The zero-order valence-corrected chi connectivity index (χ0v) is 9.63. The van der Waals surface area contributed by atoms with Crippen molar-refractivity contribution in [3.8, 4) is 0 Å². The van der Waals surface area contributed by atoms with Gasteiger partial charge in [-0.15, -0.1) is 0 Å². The first-order valence-electron chi connectivity index (χ1n) is 4.96. The molecule has 0 unspecified atom stereocenters. The molecule has 1 aliphatic rings. The standard InChI is InChI=1S/C10H11NO5S/c12-10(13)11-9(7-16-17(11,14)15)6-8-4-2-1-3-5-8/h1-5,9H,6-7H2,(H,12,13)/t9-/m1/s1. The molecular weight excluding hydrogens is 246 g/mol. The summed E-state index contributed by atoms with van der Waals surface area (Å²) >= 11 is 0. The lowest BCUT2D eigenvalue weighted by Crippen LogP contribution is -2.39. The van der Waals surface area contributed by atoms with Crippen molar-refractivity contribution in [3.05, 3.63) is 35.9 Å². The zero-order chi connectivity index (χ0) is 12.5. The van der Waals surface area contributed by atoms with E-state index in [-0.39, 0.29) is 6.61 Å². The summed E-state index contributed by atoms with van der Waals surface area (Å²) in [6.45, 7) is -0.135. The van der Waals surface area contributed by atoms with Crippen molar-refractivity contribution >= 4 is 16.4 Å². The van der Waals surface area contributed by atoms with Gasteiger partial charge in [0.05, 0.1) is 12.6 Å². The van der Waals surface area contributed by atoms with Gasteiger partial charge in [-0.25, -0.2) is 4.79 Å². The molecule has 1 aliphatic heterocycles. The fraction of sp³-hybridized carbons (Fsp3) is 0.300. The van der Waals surface area contributed by atoms with E-state index in [2.05, 4.69) is 4.18 Å². The summed E-state index contributed by atoms with van der Waals surface area (Å²) < 4.78 is 27.5. The maximum absolute atomic E-state index is 11.3. The number of hydrogen-bond donors (Lipinski definition) is 1. The molecule has 1 aromatic rings. The quantitative estimate of drug-likeness (QED) is 0.849. The summed E-state index contributed by atoms with van der Waals surface area (Å²) in [5.74, 6) is 0. The molecule has 0 bridgehead atoms. The van der Waals surface area contributed by atoms with Crippen LogP contribution in [0.4, 0.5) is 4.79 Å². The second-order valence-electron chi connectivity index (χ2n) is 3.66. The maximum Gasteiger partial charge on any atom is 0.423 e. The van der Waals surface area contributed by atoms with Crippen LogP contribution in [-0.2, 0) is 20.9 Å². The Morgan fingerprint density at radius 2 is 2.06 bits per heavy atom. The Balaban J connectivity index is 2.20. The average molecular weight is 257 g/mol. The number of hydrogen-bond acceptors (Lipinski definition) is 4. The van der Waals surface area contributed by atoms with Crippen LogP contribution in [0.5, 0.6) is 0 Å². The van der Waals surface area contributed by atoms with Gasteiger partial charge in [-0.2, -0.15) is 12.7 Å². The van der Waals surface area contributed by atoms with E-state index in [9.17, 15) is 13.2 Å². The lowest BCUT2D eigenvalue weighted by atomic mass is 10.1. The molecule has 92 valence electrons. The molecule has 2 rings (SSSR count). The predicted octanol–water partition coefficient (Wildman–Crippen LogP) is 0.853. The molecular formula is C10H11NO5S. The topological polar surface area (TPSA) is 83.9 Å². The molecule has 1 N–H and O–H groups in total. The van der Waals surface area contributed by atoms with E-state index in [1.54, 1.807) is 0 Å². The second kappa shape index (κ2) is 4.34. The van der Waals surface area contributed by atoms with Gasteiger partial charge < -0.3 is 5.11 Å². The fourth-order valence-corrected chi connectivity index (χ4v) is 2.89. The molecule has 1 atom stereocenters. The van der Waals surface area contributed by atoms with E-state index in [0.29, 0.717) is 10.7 Å². The van der Waals surface area contributed by atoms with Crippen LogP contribution in [0.15, 0.2) is 30.3 Å². The van der Waals surface area contributed by atoms with Crippen LogP contribution in [0.1, 0.15) is 5.56 Å². The Labute approximate surface area is 98.7 Å². The summed E-state index contributed by atoms with van der Waals surface area (Å²) in [6, 6.07) is 8.38. The Morgan fingerprint density at radius 1 is 1.41 bits per heavy atom. The monoisotopic (exact) mass is 257 g/mol. The first-order valence-corrected chi connectivity index (χ1v) is 6.33. The molecule has 0 spiro atoms. The molecule has 7 heteroatoms. The molecule has 0 aromatic heterocycles. The third kappa shape index (κ3) is 2.40. The first kappa shape index (κ1) is 11.9. The lowest BCUT2D eigenvalue weighted by molar-refractivity contribution is 0.164. The molecule has 0 saturated carbocycles. The molecule has 1 saturated heterocycles.